The highest BCUT2D eigenvalue weighted by Crippen LogP contribution is 2.18. The van der Waals surface area contributed by atoms with E-state index >= 15 is 0 Å². The molecule has 1 aromatic carbocycles. The van der Waals surface area contributed by atoms with Crippen LogP contribution in [0.3, 0.4) is 0 Å². The van der Waals surface area contributed by atoms with Crippen LogP contribution < -0.4 is 11.1 Å². The minimum absolute atomic E-state index is 0.0933. The maximum absolute atomic E-state index is 11.9. The van der Waals surface area contributed by atoms with Gasteiger partial charge in [-0.05, 0) is 48.3 Å². The number of rotatable bonds is 3. The van der Waals surface area contributed by atoms with E-state index in [-0.39, 0.29) is 5.91 Å². The average molecular weight is 286 g/mol. The van der Waals surface area contributed by atoms with Gasteiger partial charge in [0.2, 0.25) is 0 Å². The number of aromatic nitrogens is 2. The van der Waals surface area contributed by atoms with E-state index < -0.39 is 0 Å². The summed E-state index contributed by atoms with van der Waals surface area (Å²) in [6, 6.07) is 9.62. The summed E-state index contributed by atoms with van der Waals surface area (Å²) < 4.78 is 4.10. The molecule has 3 rings (SSSR count). The maximum atomic E-state index is 11.9. The normalized spacial score (nSPS) is 10.8. The van der Waals surface area contributed by atoms with E-state index in [9.17, 15) is 4.79 Å². The molecule has 0 saturated carbocycles. The Morgan fingerprint density at radius 1 is 1.40 bits per heavy atom. The fourth-order valence-corrected chi connectivity index (χ4v) is 2.73. The summed E-state index contributed by atoms with van der Waals surface area (Å²) in [5, 5.41) is 3.93. The Balaban J connectivity index is 1.71. The van der Waals surface area contributed by atoms with Crippen LogP contribution in [-0.4, -0.2) is 15.3 Å². The molecule has 4 N–H and O–H groups in total. The predicted octanol–water partition coefficient (Wildman–Crippen LogP) is 2.45. The van der Waals surface area contributed by atoms with Crippen molar-refractivity contribution in [2.45, 2.75) is 13.5 Å². The molecular formula is C14H14N4OS. The van der Waals surface area contributed by atoms with Crippen molar-refractivity contribution < 1.29 is 4.79 Å². The summed E-state index contributed by atoms with van der Waals surface area (Å²) in [5.41, 5.74) is 8.60. The third-order valence-corrected chi connectivity index (χ3v) is 3.89. The van der Waals surface area contributed by atoms with Crippen molar-refractivity contribution in [1.82, 2.24) is 14.7 Å². The number of hydrogen-bond acceptors (Lipinski definition) is 4. The van der Waals surface area contributed by atoms with E-state index in [4.69, 9.17) is 5.73 Å². The first-order chi connectivity index (χ1) is 9.61. The lowest BCUT2D eigenvalue weighted by atomic mass is 10.1. The van der Waals surface area contributed by atoms with Crippen molar-refractivity contribution in [3.05, 3.63) is 46.5 Å². The third kappa shape index (κ3) is 2.50. The topological polar surface area (TPSA) is 83.8 Å². The number of fused-ring (bicyclic) bond motifs is 1. The van der Waals surface area contributed by atoms with Crippen LogP contribution in [0, 0.1) is 6.92 Å². The average Bonchev–Trinajstić information content (AvgIpc) is 3.00. The Labute approximate surface area is 120 Å². The lowest BCUT2D eigenvalue weighted by Gasteiger charge is -2.03. The number of benzene rings is 1. The molecule has 1 amide bonds. The van der Waals surface area contributed by atoms with Gasteiger partial charge in [0, 0.05) is 17.4 Å². The zero-order chi connectivity index (χ0) is 14.1. The molecule has 3 aromatic rings. The Bertz CT molecular complexity index is 774. The molecule has 102 valence electrons. The van der Waals surface area contributed by atoms with Crippen LogP contribution >= 0.6 is 11.5 Å². The van der Waals surface area contributed by atoms with Gasteiger partial charge >= 0.3 is 0 Å². The first kappa shape index (κ1) is 12.7. The molecule has 0 radical (unpaired) electrons. The number of aryl methyl sites for hydroxylation is 1. The molecule has 2 aromatic heterocycles. The maximum Gasteiger partial charge on any atom is 0.263 e. The third-order valence-electron chi connectivity index (χ3n) is 3.01. The summed E-state index contributed by atoms with van der Waals surface area (Å²) in [7, 11) is 0. The highest BCUT2D eigenvalue weighted by molar-refractivity contribution is 7.08. The highest BCUT2D eigenvalue weighted by Gasteiger charge is 2.09. The standard InChI is InChI=1S/C14H14N4OS/c1-8-4-12(20-18-8)14(19)16-7-9-2-3-11-10(5-9)6-13(15)17-11/h2-6,17H,7,15H2,1H3,(H,16,19). The van der Waals surface area contributed by atoms with E-state index in [1.54, 1.807) is 6.07 Å². The summed E-state index contributed by atoms with van der Waals surface area (Å²) in [4.78, 5) is 15.6. The fourth-order valence-electron chi connectivity index (χ4n) is 2.05. The van der Waals surface area contributed by atoms with E-state index in [2.05, 4.69) is 14.7 Å². The monoisotopic (exact) mass is 286 g/mol. The number of amides is 1. The van der Waals surface area contributed by atoms with Crippen LogP contribution in [-0.2, 0) is 6.54 Å². The van der Waals surface area contributed by atoms with Crippen molar-refractivity contribution in [1.29, 1.82) is 0 Å². The Kier molecular flexibility index (Phi) is 3.15. The van der Waals surface area contributed by atoms with E-state index in [0.717, 1.165) is 22.2 Å². The van der Waals surface area contributed by atoms with Gasteiger partial charge in [-0.15, -0.1) is 0 Å². The molecule has 0 unspecified atom stereocenters. The fraction of sp³-hybridized carbons (Fsp3) is 0.143. The summed E-state index contributed by atoms with van der Waals surface area (Å²) in [6.07, 6.45) is 0. The molecule has 0 aliphatic rings. The molecule has 0 aliphatic heterocycles. The van der Waals surface area contributed by atoms with Gasteiger partial charge in [-0.1, -0.05) is 6.07 Å². The summed E-state index contributed by atoms with van der Waals surface area (Å²) in [6.45, 7) is 2.36. The molecule has 6 heteroatoms. The van der Waals surface area contributed by atoms with Crippen LogP contribution in [0.15, 0.2) is 30.3 Å². The number of hydrogen-bond donors (Lipinski definition) is 3. The summed E-state index contributed by atoms with van der Waals surface area (Å²) >= 11 is 1.22. The van der Waals surface area contributed by atoms with Crippen LogP contribution in [0.2, 0.25) is 0 Å². The molecule has 0 aliphatic carbocycles. The van der Waals surface area contributed by atoms with Gasteiger partial charge in [0.05, 0.1) is 5.69 Å². The Hall–Kier alpha value is -2.34. The number of H-pyrrole nitrogens is 1. The molecular weight excluding hydrogens is 272 g/mol. The molecule has 20 heavy (non-hydrogen) atoms. The van der Waals surface area contributed by atoms with Crippen molar-refractivity contribution >= 4 is 34.2 Å². The van der Waals surface area contributed by atoms with Gasteiger partial charge in [-0.25, -0.2) is 0 Å². The van der Waals surface area contributed by atoms with E-state index in [1.807, 2.05) is 31.2 Å². The lowest BCUT2D eigenvalue weighted by molar-refractivity contribution is 0.0955. The molecule has 0 saturated heterocycles. The van der Waals surface area contributed by atoms with Gasteiger partial charge in [-0.3, -0.25) is 4.79 Å². The van der Waals surface area contributed by atoms with Gasteiger partial charge in [0.1, 0.15) is 10.7 Å². The van der Waals surface area contributed by atoms with Gasteiger partial charge in [0.25, 0.3) is 5.91 Å². The van der Waals surface area contributed by atoms with Crippen LogP contribution in [0.25, 0.3) is 10.9 Å². The predicted molar refractivity (Wildman–Crippen MR) is 80.7 cm³/mol. The number of nitrogens with zero attached hydrogens (tertiary/aromatic N) is 1. The zero-order valence-corrected chi connectivity index (χ0v) is 11.8. The molecule has 2 heterocycles. The van der Waals surface area contributed by atoms with Crippen molar-refractivity contribution in [2.24, 2.45) is 0 Å². The first-order valence-electron chi connectivity index (χ1n) is 6.20. The Morgan fingerprint density at radius 2 is 2.25 bits per heavy atom. The van der Waals surface area contributed by atoms with E-state index in [1.165, 1.54) is 11.5 Å². The van der Waals surface area contributed by atoms with Gasteiger partial charge in [0.15, 0.2) is 0 Å². The van der Waals surface area contributed by atoms with Crippen LogP contribution in [0.5, 0.6) is 0 Å². The second kappa shape index (κ2) is 4.97. The second-order valence-corrected chi connectivity index (χ2v) is 5.47. The zero-order valence-electron chi connectivity index (χ0n) is 10.9. The largest absolute Gasteiger partial charge is 0.385 e. The quantitative estimate of drug-likeness (QED) is 0.691. The Morgan fingerprint density at radius 3 is 3.00 bits per heavy atom. The van der Waals surface area contributed by atoms with Crippen LogP contribution in [0.4, 0.5) is 5.82 Å². The smallest absolute Gasteiger partial charge is 0.263 e. The van der Waals surface area contributed by atoms with Crippen LogP contribution in [0.1, 0.15) is 20.9 Å². The van der Waals surface area contributed by atoms with Gasteiger partial charge in [-0.2, -0.15) is 4.37 Å². The molecule has 0 atom stereocenters. The number of nitrogens with two attached hydrogens (primary N) is 1. The van der Waals surface area contributed by atoms with Gasteiger partial charge < -0.3 is 16.0 Å². The van der Waals surface area contributed by atoms with Crippen molar-refractivity contribution in [3.8, 4) is 0 Å². The number of anilines is 1. The SMILES string of the molecule is Cc1cc(C(=O)NCc2ccc3[nH]c(N)cc3c2)sn1. The van der Waals surface area contributed by atoms with E-state index in [0.29, 0.717) is 17.2 Å². The highest BCUT2D eigenvalue weighted by atomic mass is 32.1. The number of carbonyl (C=O) groups excluding carboxylic acids is 1. The first-order valence-corrected chi connectivity index (χ1v) is 6.98. The number of aromatic amines is 1. The second-order valence-electron chi connectivity index (χ2n) is 4.66. The van der Waals surface area contributed by atoms with Crippen molar-refractivity contribution in [2.75, 3.05) is 5.73 Å². The molecule has 0 spiro atoms. The minimum atomic E-state index is -0.0933. The molecule has 5 nitrogen and oxygen atoms in total. The number of nitrogen functional groups attached to an aromatic ring is 1. The van der Waals surface area contributed by atoms with Crippen molar-refractivity contribution in [3.63, 3.8) is 0 Å². The minimum Gasteiger partial charge on any atom is -0.385 e. The number of carbonyl (C=O) groups is 1. The number of nitrogens with one attached hydrogen (secondary N) is 2. The molecule has 0 fully saturated rings. The molecule has 0 bridgehead atoms. The lowest BCUT2D eigenvalue weighted by Crippen LogP contribution is -2.21. The summed E-state index contributed by atoms with van der Waals surface area (Å²) in [5.74, 6) is 0.547.